The van der Waals surface area contributed by atoms with Gasteiger partial charge in [0.15, 0.2) is 5.82 Å². The molecule has 8 heteroatoms. The predicted octanol–water partition coefficient (Wildman–Crippen LogP) is 1.50. The number of aliphatic imine (C=N–C) groups is 1. The summed E-state index contributed by atoms with van der Waals surface area (Å²) in [6.45, 7) is 4.56. The topological polar surface area (TPSA) is 70.9 Å². The lowest BCUT2D eigenvalue weighted by Crippen LogP contribution is -2.47. The van der Waals surface area contributed by atoms with E-state index in [2.05, 4.69) is 14.9 Å². The highest BCUT2D eigenvalue weighted by Gasteiger charge is 2.61. The minimum Gasteiger partial charge on any atom is -0.383 e. The zero-order valence-electron chi connectivity index (χ0n) is 15.2. The SMILES string of the molecule is CCC1=N[C@@]2(CC[C@@H]3CN(c4ncc(F)cn4)C[C@H]32)C(=O)N1CCOC. The second-order valence-corrected chi connectivity index (χ2v) is 7.27. The fourth-order valence-electron chi connectivity index (χ4n) is 4.70. The Morgan fingerprint density at radius 3 is 2.81 bits per heavy atom. The first-order valence-corrected chi connectivity index (χ1v) is 9.21. The standard InChI is InChI=1S/C18H24FN5O2/c1-3-15-22-18(16(25)24(15)6-7-26-2)5-4-12-10-23(11-14(12)18)17-20-8-13(19)9-21-17/h8-9,12,14H,3-7,10-11H2,1-2H3/t12-,14-,18-/m1/s1. The summed E-state index contributed by atoms with van der Waals surface area (Å²) in [7, 11) is 1.64. The number of hydrogen-bond acceptors (Lipinski definition) is 6. The van der Waals surface area contributed by atoms with Crippen molar-refractivity contribution < 1.29 is 13.9 Å². The molecule has 0 unspecified atom stereocenters. The van der Waals surface area contributed by atoms with Crippen molar-refractivity contribution in [2.24, 2.45) is 16.8 Å². The maximum atomic E-state index is 13.3. The van der Waals surface area contributed by atoms with Crippen molar-refractivity contribution in [1.82, 2.24) is 14.9 Å². The number of fused-ring (bicyclic) bond motifs is 2. The van der Waals surface area contributed by atoms with Gasteiger partial charge in [0.25, 0.3) is 5.91 Å². The third-order valence-corrected chi connectivity index (χ3v) is 5.93. The molecule has 1 amide bonds. The molecule has 26 heavy (non-hydrogen) atoms. The number of nitrogens with zero attached hydrogens (tertiary/aromatic N) is 5. The first-order chi connectivity index (χ1) is 12.6. The lowest BCUT2D eigenvalue weighted by atomic mass is 9.85. The summed E-state index contributed by atoms with van der Waals surface area (Å²) in [6, 6.07) is 0. The molecule has 4 rings (SSSR count). The molecule has 1 spiro atoms. The minimum atomic E-state index is -0.654. The number of carbonyl (C=O) groups is 1. The Bertz CT molecular complexity index is 725. The second kappa shape index (κ2) is 6.57. The van der Waals surface area contributed by atoms with Crippen LogP contribution in [0.2, 0.25) is 0 Å². The van der Waals surface area contributed by atoms with Gasteiger partial charge in [-0.1, -0.05) is 6.92 Å². The summed E-state index contributed by atoms with van der Waals surface area (Å²) in [4.78, 5) is 30.3. The summed E-state index contributed by atoms with van der Waals surface area (Å²) in [5.74, 6) is 1.60. The maximum Gasteiger partial charge on any atom is 0.256 e. The lowest BCUT2D eigenvalue weighted by Gasteiger charge is -2.28. The van der Waals surface area contributed by atoms with Crippen molar-refractivity contribution in [1.29, 1.82) is 0 Å². The molecule has 140 valence electrons. The highest BCUT2D eigenvalue weighted by molar-refractivity contribution is 6.08. The Hall–Kier alpha value is -2.09. The van der Waals surface area contributed by atoms with E-state index in [1.165, 1.54) is 12.4 Å². The Morgan fingerprint density at radius 1 is 1.35 bits per heavy atom. The summed E-state index contributed by atoms with van der Waals surface area (Å²) >= 11 is 0. The quantitative estimate of drug-likeness (QED) is 0.795. The van der Waals surface area contributed by atoms with E-state index < -0.39 is 11.4 Å². The van der Waals surface area contributed by atoms with Crippen LogP contribution in [0.5, 0.6) is 0 Å². The van der Waals surface area contributed by atoms with Crippen molar-refractivity contribution in [3.63, 3.8) is 0 Å². The van der Waals surface area contributed by atoms with Crippen molar-refractivity contribution in [3.05, 3.63) is 18.2 Å². The number of rotatable bonds is 5. The number of amidine groups is 1. The Labute approximate surface area is 152 Å². The van der Waals surface area contributed by atoms with Crippen LogP contribution in [0.3, 0.4) is 0 Å². The number of anilines is 1. The molecule has 7 nitrogen and oxygen atoms in total. The summed E-state index contributed by atoms with van der Waals surface area (Å²) in [6.07, 6.45) is 4.87. The van der Waals surface area contributed by atoms with E-state index in [1.807, 2.05) is 11.8 Å². The van der Waals surface area contributed by atoms with Gasteiger partial charge in [-0.15, -0.1) is 0 Å². The third kappa shape index (κ3) is 2.58. The summed E-state index contributed by atoms with van der Waals surface area (Å²) in [5.41, 5.74) is -0.654. The van der Waals surface area contributed by atoms with Gasteiger partial charge in [0.1, 0.15) is 11.4 Å². The van der Waals surface area contributed by atoms with Crippen LogP contribution in [-0.2, 0) is 9.53 Å². The summed E-state index contributed by atoms with van der Waals surface area (Å²) < 4.78 is 18.3. The van der Waals surface area contributed by atoms with Gasteiger partial charge in [0, 0.05) is 32.5 Å². The van der Waals surface area contributed by atoms with Gasteiger partial charge in [0.2, 0.25) is 5.95 Å². The van der Waals surface area contributed by atoms with Crippen LogP contribution in [0.25, 0.3) is 0 Å². The number of aromatic nitrogens is 2. The molecule has 0 N–H and O–H groups in total. The molecule has 1 saturated carbocycles. The van der Waals surface area contributed by atoms with E-state index >= 15 is 0 Å². The smallest absolute Gasteiger partial charge is 0.256 e. The van der Waals surface area contributed by atoms with Gasteiger partial charge >= 0.3 is 0 Å². The molecule has 3 atom stereocenters. The van der Waals surface area contributed by atoms with E-state index in [1.54, 1.807) is 7.11 Å². The molecule has 1 aromatic rings. The molecule has 0 bridgehead atoms. The fraction of sp³-hybridized carbons (Fsp3) is 0.667. The molecule has 2 fully saturated rings. The van der Waals surface area contributed by atoms with Crippen molar-refractivity contribution >= 4 is 17.7 Å². The molecule has 0 radical (unpaired) electrons. The Balaban J connectivity index is 1.58. The van der Waals surface area contributed by atoms with Crippen LogP contribution in [0, 0.1) is 17.7 Å². The highest BCUT2D eigenvalue weighted by Crippen LogP contribution is 2.50. The van der Waals surface area contributed by atoms with Crippen LogP contribution >= 0.6 is 0 Å². The maximum absolute atomic E-state index is 13.3. The van der Waals surface area contributed by atoms with Crippen LogP contribution in [0.15, 0.2) is 17.4 Å². The van der Waals surface area contributed by atoms with Gasteiger partial charge < -0.3 is 9.64 Å². The molecule has 3 aliphatic rings. The van der Waals surface area contributed by atoms with Crippen LogP contribution < -0.4 is 4.90 Å². The molecular weight excluding hydrogens is 337 g/mol. The lowest BCUT2D eigenvalue weighted by molar-refractivity contribution is -0.132. The van der Waals surface area contributed by atoms with Crippen molar-refractivity contribution in [2.75, 3.05) is 38.3 Å². The highest BCUT2D eigenvalue weighted by atomic mass is 19.1. The Kier molecular flexibility index (Phi) is 4.38. The molecule has 1 aromatic heterocycles. The van der Waals surface area contributed by atoms with Crippen LogP contribution in [0.1, 0.15) is 26.2 Å². The Morgan fingerprint density at radius 2 is 2.12 bits per heavy atom. The predicted molar refractivity (Wildman–Crippen MR) is 94.5 cm³/mol. The zero-order chi connectivity index (χ0) is 18.3. The van der Waals surface area contributed by atoms with Gasteiger partial charge in [0.05, 0.1) is 25.5 Å². The molecule has 3 heterocycles. The second-order valence-electron chi connectivity index (χ2n) is 7.27. The number of halogens is 1. The fourth-order valence-corrected chi connectivity index (χ4v) is 4.70. The molecule has 1 aliphatic carbocycles. The van der Waals surface area contributed by atoms with E-state index in [0.29, 0.717) is 31.6 Å². The van der Waals surface area contributed by atoms with Gasteiger partial charge in [-0.05, 0) is 18.8 Å². The van der Waals surface area contributed by atoms with Crippen LogP contribution in [-0.4, -0.2) is 65.5 Å². The number of carbonyl (C=O) groups excluding carboxylic acids is 1. The van der Waals surface area contributed by atoms with Gasteiger partial charge in [-0.3, -0.25) is 14.7 Å². The monoisotopic (exact) mass is 361 g/mol. The van der Waals surface area contributed by atoms with Gasteiger partial charge in [-0.25, -0.2) is 14.4 Å². The molecular formula is C18H24FN5O2. The average molecular weight is 361 g/mol. The number of ether oxygens (including phenoxy) is 1. The average Bonchev–Trinajstić information content (AvgIpc) is 3.29. The largest absolute Gasteiger partial charge is 0.383 e. The molecule has 1 saturated heterocycles. The number of hydrogen-bond donors (Lipinski definition) is 0. The van der Waals surface area contributed by atoms with Gasteiger partial charge in [-0.2, -0.15) is 0 Å². The molecule has 0 aromatic carbocycles. The van der Waals surface area contributed by atoms with Crippen LogP contribution in [0.4, 0.5) is 10.3 Å². The zero-order valence-corrected chi connectivity index (χ0v) is 15.2. The third-order valence-electron chi connectivity index (χ3n) is 5.93. The van der Waals surface area contributed by atoms with E-state index in [-0.39, 0.29) is 11.8 Å². The van der Waals surface area contributed by atoms with E-state index in [0.717, 1.165) is 31.6 Å². The number of methoxy groups -OCH3 is 1. The van der Waals surface area contributed by atoms with Crippen molar-refractivity contribution in [3.8, 4) is 0 Å². The molecule has 2 aliphatic heterocycles. The van der Waals surface area contributed by atoms with Crippen molar-refractivity contribution in [2.45, 2.75) is 31.7 Å². The first-order valence-electron chi connectivity index (χ1n) is 9.21. The number of amides is 1. The first kappa shape index (κ1) is 17.3. The van der Waals surface area contributed by atoms with E-state index in [4.69, 9.17) is 9.73 Å². The normalized spacial score (nSPS) is 30.4. The van der Waals surface area contributed by atoms with E-state index in [9.17, 15) is 9.18 Å². The summed E-state index contributed by atoms with van der Waals surface area (Å²) in [5, 5.41) is 0. The minimum absolute atomic E-state index is 0.112.